The van der Waals surface area contributed by atoms with Crippen LogP contribution in [0.4, 0.5) is 0 Å². The van der Waals surface area contributed by atoms with Gasteiger partial charge in [-0.1, -0.05) is 37.3 Å². The standard InChI is InChI=1S/C16H17N3O/c1-2-10-3-5-11(6-4-10)15(17)12-7-8-13-14(9-12)19-16(20)18-13/h3-9,15H,2,17H2,1H3,(H2,18,19,20). The molecule has 0 bridgehead atoms. The average molecular weight is 267 g/mol. The van der Waals surface area contributed by atoms with E-state index in [1.807, 2.05) is 18.2 Å². The third-order valence-corrected chi connectivity index (χ3v) is 3.65. The monoisotopic (exact) mass is 267 g/mol. The van der Waals surface area contributed by atoms with Crippen LogP contribution in [0.25, 0.3) is 11.0 Å². The Hall–Kier alpha value is -2.33. The van der Waals surface area contributed by atoms with Crippen LogP contribution in [-0.2, 0) is 6.42 Å². The van der Waals surface area contributed by atoms with E-state index in [0.717, 1.165) is 28.6 Å². The van der Waals surface area contributed by atoms with Crippen molar-refractivity contribution in [3.05, 3.63) is 69.6 Å². The van der Waals surface area contributed by atoms with E-state index < -0.39 is 0 Å². The number of aryl methyl sites for hydroxylation is 1. The van der Waals surface area contributed by atoms with Crippen LogP contribution in [0.3, 0.4) is 0 Å². The maximum absolute atomic E-state index is 11.3. The van der Waals surface area contributed by atoms with Crippen LogP contribution >= 0.6 is 0 Å². The minimum atomic E-state index is -0.196. The molecular formula is C16H17N3O. The number of imidazole rings is 1. The van der Waals surface area contributed by atoms with Gasteiger partial charge in [0.25, 0.3) is 0 Å². The first-order valence-corrected chi connectivity index (χ1v) is 6.73. The number of hydrogen-bond donors (Lipinski definition) is 3. The summed E-state index contributed by atoms with van der Waals surface area (Å²) in [7, 11) is 0. The average Bonchev–Trinajstić information content (AvgIpc) is 2.85. The lowest BCUT2D eigenvalue weighted by Gasteiger charge is -2.13. The molecule has 0 aliphatic heterocycles. The number of aromatic nitrogens is 2. The molecule has 0 amide bonds. The molecule has 0 radical (unpaired) electrons. The first-order chi connectivity index (χ1) is 9.67. The number of rotatable bonds is 3. The maximum Gasteiger partial charge on any atom is 0.323 e. The zero-order valence-corrected chi connectivity index (χ0v) is 11.3. The molecule has 0 spiro atoms. The first kappa shape index (κ1) is 12.7. The first-order valence-electron chi connectivity index (χ1n) is 6.73. The third kappa shape index (κ3) is 2.26. The molecule has 3 rings (SSSR count). The molecule has 0 aliphatic rings. The predicted molar refractivity (Wildman–Crippen MR) is 80.8 cm³/mol. The number of nitrogens with two attached hydrogens (primary N) is 1. The van der Waals surface area contributed by atoms with Gasteiger partial charge < -0.3 is 15.7 Å². The molecule has 1 aromatic heterocycles. The van der Waals surface area contributed by atoms with E-state index in [-0.39, 0.29) is 11.7 Å². The summed E-state index contributed by atoms with van der Waals surface area (Å²) in [4.78, 5) is 16.8. The van der Waals surface area contributed by atoms with Gasteiger partial charge in [0.2, 0.25) is 0 Å². The zero-order valence-electron chi connectivity index (χ0n) is 11.3. The molecule has 4 N–H and O–H groups in total. The topological polar surface area (TPSA) is 74.7 Å². The van der Waals surface area contributed by atoms with Gasteiger partial charge in [0.05, 0.1) is 17.1 Å². The van der Waals surface area contributed by atoms with Crippen molar-refractivity contribution < 1.29 is 0 Å². The third-order valence-electron chi connectivity index (χ3n) is 3.65. The zero-order chi connectivity index (χ0) is 14.1. The minimum absolute atomic E-state index is 0.191. The molecule has 20 heavy (non-hydrogen) atoms. The van der Waals surface area contributed by atoms with Gasteiger partial charge in [-0.05, 0) is 35.2 Å². The maximum atomic E-state index is 11.3. The van der Waals surface area contributed by atoms with Crippen molar-refractivity contribution in [3.63, 3.8) is 0 Å². The summed E-state index contributed by atoms with van der Waals surface area (Å²) >= 11 is 0. The van der Waals surface area contributed by atoms with Crippen molar-refractivity contribution in [1.29, 1.82) is 0 Å². The van der Waals surface area contributed by atoms with Gasteiger partial charge in [-0.2, -0.15) is 0 Å². The van der Waals surface area contributed by atoms with Crippen molar-refractivity contribution in [2.75, 3.05) is 0 Å². The molecule has 0 saturated carbocycles. The van der Waals surface area contributed by atoms with Gasteiger partial charge in [-0.3, -0.25) is 0 Å². The van der Waals surface area contributed by atoms with Crippen molar-refractivity contribution in [2.24, 2.45) is 5.73 Å². The SMILES string of the molecule is CCc1ccc(C(N)c2ccc3[nH]c(=O)[nH]c3c2)cc1. The molecule has 0 fully saturated rings. The fourth-order valence-electron chi connectivity index (χ4n) is 2.40. The molecule has 3 aromatic rings. The Balaban J connectivity index is 1.97. The summed E-state index contributed by atoms with van der Waals surface area (Å²) in [5, 5.41) is 0. The highest BCUT2D eigenvalue weighted by molar-refractivity contribution is 5.75. The van der Waals surface area contributed by atoms with Gasteiger partial charge in [0.1, 0.15) is 0 Å². The van der Waals surface area contributed by atoms with Crippen LogP contribution in [-0.4, -0.2) is 9.97 Å². The van der Waals surface area contributed by atoms with Gasteiger partial charge in [-0.15, -0.1) is 0 Å². The van der Waals surface area contributed by atoms with E-state index in [1.54, 1.807) is 0 Å². The summed E-state index contributed by atoms with van der Waals surface area (Å²) in [6, 6.07) is 13.9. The molecule has 0 aliphatic carbocycles. The van der Waals surface area contributed by atoms with Gasteiger partial charge in [0.15, 0.2) is 0 Å². The summed E-state index contributed by atoms with van der Waals surface area (Å²) in [5.41, 5.74) is 11.0. The largest absolute Gasteiger partial charge is 0.323 e. The van der Waals surface area contributed by atoms with Crippen LogP contribution in [0, 0.1) is 0 Å². The Morgan fingerprint density at radius 1 is 1.00 bits per heavy atom. The molecule has 4 heteroatoms. The molecule has 4 nitrogen and oxygen atoms in total. The smallest absolute Gasteiger partial charge is 0.320 e. The fraction of sp³-hybridized carbons (Fsp3) is 0.188. The van der Waals surface area contributed by atoms with Crippen molar-refractivity contribution >= 4 is 11.0 Å². The van der Waals surface area contributed by atoms with E-state index in [1.165, 1.54) is 5.56 Å². The second-order valence-electron chi connectivity index (χ2n) is 4.96. The molecule has 2 aromatic carbocycles. The lowest BCUT2D eigenvalue weighted by atomic mass is 9.98. The van der Waals surface area contributed by atoms with Crippen LogP contribution in [0.2, 0.25) is 0 Å². The summed E-state index contributed by atoms with van der Waals surface area (Å²) in [6.45, 7) is 2.13. The molecule has 1 unspecified atom stereocenters. The number of hydrogen-bond acceptors (Lipinski definition) is 2. The minimum Gasteiger partial charge on any atom is -0.320 e. The molecule has 0 saturated heterocycles. The number of H-pyrrole nitrogens is 2. The number of benzene rings is 2. The van der Waals surface area contributed by atoms with Crippen LogP contribution < -0.4 is 11.4 Å². The Labute approximate surface area is 116 Å². The van der Waals surface area contributed by atoms with E-state index in [0.29, 0.717) is 0 Å². The molecule has 102 valence electrons. The van der Waals surface area contributed by atoms with Crippen molar-refractivity contribution in [3.8, 4) is 0 Å². The highest BCUT2D eigenvalue weighted by Gasteiger charge is 2.10. The van der Waals surface area contributed by atoms with Crippen LogP contribution in [0.5, 0.6) is 0 Å². The van der Waals surface area contributed by atoms with E-state index in [4.69, 9.17) is 5.73 Å². The molecular weight excluding hydrogens is 250 g/mol. The summed E-state index contributed by atoms with van der Waals surface area (Å²) < 4.78 is 0. The number of fused-ring (bicyclic) bond motifs is 1. The highest BCUT2D eigenvalue weighted by atomic mass is 16.1. The van der Waals surface area contributed by atoms with E-state index in [2.05, 4.69) is 41.2 Å². The molecule has 1 heterocycles. The quantitative estimate of drug-likeness (QED) is 0.682. The van der Waals surface area contributed by atoms with Gasteiger partial charge >= 0.3 is 5.69 Å². The summed E-state index contributed by atoms with van der Waals surface area (Å²) in [6.07, 6.45) is 1.02. The second kappa shape index (κ2) is 4.98. The highest BCUT2D eigenvalue weighted by Crippen LogP contribution is 2.22. The normalized spacial score (nSPS) is 12.7. The van der Waals surface area contributed by atoms with Gasteiger partial charge in [0, 0.05) is 0 Å². The van der Waals surface area contributed by atoms with E-state index in [9.17, 15) is 4.79 Å². The predicted octanol–water partition coefficient (Wildman–Crippen LogP) is 2.47. The number of aromatic amines is 2. The van der Waals surface area contributed by atoms with Crippen molar-refractivity contribution in [1.82, 2.24) is 9.97 Å². The Morgan fingerprint density at radius 3 is 2.35 bits per heavy atom. The lowest BCUT2D eigenvalue weighted by Crippen LogP contribution is -2.11. The van der Waals surface area contributed by atoms with Crippen LogP contribution in [0.1, 0.15) is 29.7 Å². The second-order valence-corrected chi connectivity index (χ2v) is 4.96. The Bertz CT molecular complexity index is 783. The number of nitrogens with one attached hydrogen (secondary N) is 2. The summed E-state index contributed by atoms with van der Waals surface area (Å²) in [5.74, 6) is 0. The van der Waals surface area contributed by atoms with Gasteiger partial charge in [-0.25, -0.2) is 4.79 Å². The molecule has 1 atom stereocenters. The van der Waals surface area contributed by atoms with Crippen molar-refractivity contribution in [2.45, 2.75) is 19.4 Å². The van der Waals surface area contributed by atoms with E-state index >= 15 is 0 Å². The fourth-order valence-corrected chi connectivity index (χ4v) is 2.40. The Kier molecular flexibility index (Phi) is 3.16. The lowest BCUT2D eigenvalue weighted by molar-refractivity contribution is 0.871. The Morgan fingerprint density at radius 2 is 1.65 bits per heavy atom. The van der Waals surface area contributed by atoms with Crippen LogP contribution in [0.15, 0.2) is 47.3 Å².